The maximum Gasteiger partial charge on any atom is 0.219 e. The number of hydrogen-bond acceptors (Lipinski definition) is 4. The molecule has 23 heavy (non-hydrogen) atoms. The molecule has 1 amide bonds. The number of nitrogens with zero attached hydrogens (tertiary/aromatic N) is 4. The number of nitrogens with one attached hydrogen (secondary N) is 1. The zero-order valence-corrected chi connectivity index (χ0v) is 13.7. The molecule has 1 saturated heterocycles. The Labute approximate surface area is 135 Å². The van der Waals surface area contributed by atoms with Gasteiger partial charge in [0, 0.05) is 39.3 Å². The van der Waals surface area contributed by atoms with Crippen molar-refractivity contribution in [1.82, 2.24) is 19.9 Å². The largest absolute Gasteiger partial charge is 0.356 e. The molecule has 4 rings (SSSR count). The lowest BCUT2D eigenvalue weighted by atomic mass is 9.89. The third kappa shape index (κ3) is 2.46. The number of rotatable bonds is 2. The molecule has 0 aromatic carbocycles. The summed E-state index contributed by atoms with van der Waals surface area (Å²) in [6, 6.07) is 2.53. The number of aromatic amines is 1. The summed E-state index contributed by atoms with van der Waals surface area (Å²) >= 11 is 0. The molecule has 2 unspecified atom stereocenters. The van der Waals surface area contributed by atoms with Crippen molar-refractivity contribution in [2.45, 2.75) is 32.2 Å². The molecule has 3 heterocycles. The number of likely N-dealkylation sites (tertiary alicyclic amines) is 1. The van der Waals surface area contributed by atoms with E-state index in [2.05, 4.69) is 26.9 Å². The van der Waals surface area contributed by atoms with Crippen molar-refractivity contribution in [2.24, 2.45) is 11.8 Å². The molecule has 0 bridgehead atoms. The molecule has 2 fully saturated rings. The summed E-state index contributed by atoms with van der Waals surface area (Å²) in [6.45, 7) is 3.53. The van der Waals surface area contributed by atoms with E-state index in [0.717, 1.165) is 48.7 Å². The molecule has 1 saturated carbocycles. The lowest BCUT2D eigenvalue weighted by Crippen LogP contribution is -2.41. The summed E-state index contributed by atoms with van der Waals surface area (Å²) in [7, 11) is 2.14. The molecule has 0 radical (unpaired) electrons. The summed E-state index contributed by atoms with van der Waals surface area (Å²) in [4.78, 5) is 27.9. The van der Waals surface area contributed by atoms with Gasteiger partial charge in [0.2, 0.25) is 5.91 Å². The first-order chi connectivity index (χ1) is 11.1. The highest BCUT2D eigenvalue weighted by Crippen LogP contribution is 2.41. The third-order valence-corrected chi connectivity index (χ3v) is 5.70. The minimum atomic E-state index is 0.213. The van der Waals surface area contributed by atoms with E-state index in [-0.39, 0.29) is 5.91 Å². The van der Waals surface area contributed by atoms with E-state index in [4.69, 9.17) is 0 Å². The van der Waals surface area contributed by atoms with E-state index < -0.39 is 0 Å². The highest BCUT2D eigenvalue weighted by atomic mass is 16.2. The molecule has 0 spiro atoms. The van der Waals surface area contributed by atoms with Crippen LogP contribution in [0.5, 0.6) is 0 Å². The van der Waals surface area contributed by atoms with Gasteiger partial charge >= 0.3 is 0 Å². The summed E-state index contributed by atoms with van der Waals surface area (Å²) < 4.78 is 0. The van der Waals surface area contributed by atoms with Crippen LogP contribution in [0.25, 0.3) is 11.0 Å². The Bertz CT molecular complexity index is 727. The minimum absolute atomic E-state index is 0.213. The Morgan fingerprint density at radius 1 is 1.35 bits per heavy atom. The van der Waals surface area contributed by atoms with Gasteiger partial charge in [-0.05, 0) is 37.2 Å². The molecule has 6 heteroatoms. The maximum atomic E-state index is 11.6. The fourth-order valence-corrected chi connectivity index (χ4v) is 4.37. The number of fused-ring (bicyclic) bond motifs is 2. The van der Waals surface area contributed by atoms with Gasteiger partial charge in [-0.25, -0.2) is 9.97 Å². The van der Waals surface area contributed by atoms with Gasteiger partial charge in [0.05, 0.1) is 5.39 Å². The Hall–Kier alpha value is -2.11. The molecule has 2 aromatic rings. The van der Waals surface area contributed by atoms with Crippen molar-refractivity contribution < 1.29 is 4.79 Å². The average Bonchev–Trinajstić information content (AvgIpc) is 3.19. The second-order valence-electron chi connectivity index (χ2n) is 6.95. The molecule has 1 aliphatic carbocycles. The summed E-state index contributed by atoms with van der Waals surface area (Å²) in [5.74, 6) is 2.58. The predicted octanol–water partition coefficient (Wildman–Crippen LogP) is 2.04. The summed E-state index contributed by atoms with van der Waals surface area (Å²) in [5.41, 5.74) is 0.889. The first-order valence-corrected chi connectivity index (χ1v) is 8.40. The van der Waals surface area contributed by atoms with Crippen molar-refractivity contribution >= 4 is 22.8 Å². The van der Waals surface area contributed by atoms with E-state index in [1.807, 2.05) is 17.2 Å². The Morgan fingerprint density at radius 3 is 3.00 bits per heavy atom. The number of anilines is 1. The monoisotopic (exact) mass is 313 g/mol. The van der Waals surface area contributed by atoms with Gasteiger partial charge in [-0.15, -0.1) is 0 Å². The normalized spacial score (nSPS) is 27.2. The fourth-order valence-electron chi connectivity index (χ4n) is 4.37. The van der Waals surface area contributed by atoms with E-state index in [1.165, 1.54) is 6.42 Å². The van der Waals surface area contributed by atoms with Crippen LogP contribution in [-0.4, -0.2) is 51.9 Å². The zero-order valence-electron chi connectivity index (χ0n) is 13.7. The molecule has 2 aromatic heterocycles. The molecule has 3 atom stereocenters. The second kappa shape index (κ2) is 5.51. The number of H-pyrrole nitrogens is 1. The third-order valence-electron chi connectivity index (χ3n) is 5.70. The van der Waals surface area contributed by atoms with Gasteiger partial charge in [0.15, 0.2) is 0 Å². The molecule has 1 N–H and O–H groups in total. The highest BCUT2D eigenvalue weighted by molar-refractivity contribution is 5.87. The number of hydrogen-bond donors (Lipinski definition) is 1. The van der Waals surface area contributed by atoms with Crippen LogP contribution in [0.4, 0.5) is 5.82 Å². The minimum Gasteiger partial charge on any atom is -0.356 e. The van der Waals surface area contributed by atoms with E-state index in [9.17, 15) is 4.79 Å². The highest BCUT2D eigenvalue weighted by Gasteiger charge is 2.40. The lowest BCUT2D eigenvalue weighted by molar-refractivity contribution is -0.131. The number of aromatic nitrogens is 3. The van der Waals surface area contributed by atoms with Gasteiger partial charge in [-0.3, -0.25) is 4.79 Å². The topological polar surface area (TPSA) is 65.1 Å². The van der Waals surface area contributed by atoms with Crippen LogP contribution in [0.2, 0.25) is 0 Å². The van der Waals surface area contributed by atoms with Gasteiger partial charge in [-0.1, -0.05) is 0 Å². The first-order valence-electron chi connectivity index (χ1n) is 8.40. The van der Waals surface area contributed by atoms with Crippen molar-refractivity contribution in [3.05, 3.63) is 18.6 Å². The zero-order chi connectivity index (χ0) is 16.0. The molecule has 122 valence electrons. The number of amides is 1. The standard InChI is InChI=1S/C17H23N5O/c1-11(23)22-6-4-12-7-14(8-13(12)9-22)21(2)17-15-3-5-18-16(15)19-10-20-17/h3,5,10,12-14H,4,6-9H2,1-2H3,(H,18,19,20)/t12-,13?,14?/m0/s1. The van der Waals surface area contributed by atoms with Crippen LogP contribution in [0.1, 0.15) is 26.2 Å². The summed E-state index contributed by atoms with van der Waals surface area (Å²) in [5, 5.41) is 1.08. The summed E-state index contributed by atoms with van der Waals surface area (Å²) in [6.07, 6.45) is 7.02. The van der Waals surface area contributed by atoms with Crippen molar-refractivity contribution in [3.63, 3.8) is 0 Å². The molecular weight excluding hydrogens is 290 g/mol. The van der Waals surface area contributed by atoms with Crippen molar-refractivity contribution in [3.8, 4) is 0 Å². The van der Waals surface area contributed by atoms with Crippen LogP contribution in [-0.2, 0) is 4.79 Å². The maximum absolute atomic E-state index is 11.6. The van der Waals surface area contributed by atoms with E-state index in [0.29, 0.717) is 12.0 Å². The molecule has 2 aliphatic rings. The van der Waals surface area contributed by atoms with Crippen LogP contribution in [0.3, 0.4) is 0 Å². The van der Waals surface area contributed by atoms with Crippen molar-refractivity contribution in [1.29, 1.82) is 0 Å². The van der Waals surface area contributed by atoms with E-state index >= 15 is 0 Å². The van der Waals surface area contributed by atoms with Gasteiger partial charge in [0.25, 0.3) is 0 Å². The quantitative estimate of drug-likeness (QED) is 0.921. The number of carbonyl (C=O) groups excluding carboxylic acids is 1. The molecule has 6 nitrogen and oxygen atoms in total. The Balaban J connectivity index is 1.53. The van der Waals surface area contributed by atoms with Crippen LogP contribution in [0.15, 0.2) is 18.6 Å². The van der Waals surface area contributed by atoms with Gasteiger partial charge in [0.1, 0.15) is 17.8 Å². The SMILES string of the molecule is CC(=O)N1CC[C@H]2CC(N(C)c3ncnc4[nH]ccc34)CC2C1. The average molecular weight is 313 g/mol. The Morgan fingerprint density at radius 2 is 2.17 bits per heavy atom. The predicted molar refractivity (Wildman–Crippen MR) is 89.2 cm³/mol. The van der Waals surface area contributed by atoms with Crippen LogP contribution < -0.4 is 4.90 Å². The number of piperidine rings is 1. The van der Waals surface area contributed by atoms with Crippen LogP contribution >= 0.6 is 0 Å². The van der Waals surface area contributed by atoms with Crippen molar-refractivity contribution in [2.75, 3.05) is 25.0 Å². The fraction of sp³-hybridized carbons (Fsp3) is 0.588. The lowest BCUT2D eigenvalue weighted by Gasteiger charge is -2.34. The molecular formula is C17H23N5O. The Kier molecular flexibility index (Phi) is 3.47. The van der Waals surface area contributed by atoms with Gasteiger partial charge in [-0.2, -0.15) is 0 Å². The smallest absolute Gasteiger partial charge is 0.219 e. The first kappa shape index (κ1) is 14.5. The van der Waals surface area contributed by atoms with Crippen LogP contribution in [0, 0.1) is 11.8 Å². The molecule has 1 aliphatic heterocycles. The van der Waals surface area contributed by atoms with E-state index in [1.54, 1.807) is 13.3 Å². The second-order valence-corrected chi connectivity index (χ2v) is 6.95. The van der Waals surface area contributed by atoms with Gasteiger partial charge < -0.3 is 14.8 Å². The number of carbonyl (C=O) groups is 1.